The molecule has 0 bridgehead atoms. The molecule has 0 aromatic heterocycles. The summed E-state index contributed by atoms with van der Waals surface area (Å²) in [6.07, 6.45) is 9.40. The van der Waals surface area contributed by atoms with Gasteiger partial charge in [0.1, 0.15) is 0 Å². The number of rotatable bonds is 0. The number of aliphatic hydroxyl groups is 1. The summed E-state index contributed by atoms with van der Waals surface area (Å²) in [7, 11) is 0. The molecule has 0 saturated heterocycles. The lowest BCUT2D eigenvalue weighted by atomic mass is 9.48. The van der Waals surface area contributed by atoms with Crippen molar-refractivity contribution in [1.82, 2.24) is 0 Å². The third-order valence-electron chi connectivity index (χ3n) is 7.77. The van der Waals surface area contributed by atoms with E-state index in [2.05, 4.69) is 26.5 Å². The fourth-order valence-corrected chi connectivity index (χ4v) is 6.38. The number of aliphatic hydroxyl groups excluding tert-OH is 1. The van der Waals surface area contributed by atoms with Gasteiger partial charge in [0.15, 0.2) is 5.78 Å². The van der Waals surface area contributed by atoms with Crippen LogP contribution in [0.15, 0.2) is 23.8 Å². The third-order valence-corrected chi connectivity index (χ3v) is 7.77. The Labute approximate surface area is 133 Å². The highest BCUT2D eigenvalue weighted by Crippen LogP contribution is 2.64. The summed E-state index contributed by atoms with van der Waals surface area (Å²) in [5.41, 5.74) is 2.48. The van der Waals surface area contributed by atoms with Crippen LogP contribution in [0.3, 0.4) is 0 Å². The molecule has 0 unspecified atom stereocenters. The lowest BCUT2D eigenvalue weighted by Gasteiger charge is -2.56. The first-order valence-electron chi connectivity index (χ1n) is 8.96. The Morgan fingerprint density at radius 3 is 2.64 bits per heavy atom. The zero-order valence-corrected chi connectivity index (χ0v) is 13.9. The lowest BCUT2D eigenvalue weighted by molar-refractivity contribution is -0.130. The Morgan fingerprint density at radius 1 is 1.14 bits per heavy atom. The van der Waals surface area contributed by atoms with Gasteiger partial charge in [0.05, 0.1) is 6.10 Å². The van der Waals surface area contributed by atoms with Crippen molar-refractivity contribution in [2.24, 2.45) is 28.6 Å². The Balaban J connectivity index is 1.71. The Bertz CT molecular complexity index is 574. The van der Waals surface area contributed by atoms with E-state index in [4.69, 9.17) is 0 Å². The third kappa shape index (κ3) is 1.73. The molecule has 22 heavy (non-hydrogen) atoms. The van der Waals surface area contributed by atoms with Crippen molar-refractivity contribution >= 4 is 5.78 Å². The van der Waals surface area contributed by atoms with Crippen molar-refractivity contribution in [2.75, 3.05) is 0 Å². The van der Waals surface area contributed by atoms with E-state index in [-0.39, 0.29) is 16.9 Å². The van der Waals surface area contributed by atoms with Crippen molar-refractivity contribution in [2.45, 2.75) is 64.9 Å². The second kappa shape index (κ2) is 4.56. The second-order valence-electron chi connectivity index (χ2n) is 8.75. The summed E-state index contributed by atoms with van der Waals surface area (Å²) < 4.78 is 0. The maximum absolute atomic E-state index is 12.6. The first kappa shape index (κ1) is 14.7. The number of carbonyl (C=O) groups is 1. The van der Waals surface area contributed by atoms with Gasteiger partial charge in [0, 0.05) is 5.41 Å². The molecule has 0 spiro atoms. The molecule has 0 aromatic carbocycles. The van der Waals surface area contributed by atoms with Crippen LogP contribution in [-0.4, -0.2) is 17.0 Å². The molecule has 2 nitrogen and oxygen atoms in total. The van der Waals surface area contributed by atoms with Gasteiger partial charge in [-0.1, -0.05) is 32.1 Å². The minimum Gasteiger partial charge on any atom is -0.393 e. The number of ketones is 1. The SMILES string of the molecule is C=C1C[C@@H]2[C@@H]3CC=C4C[C@@H](O)CC[C@]4(C)[C@@H]3CC[C@]2(C)C1=O. The van der Waals surface area contributed by atoms with E-state index < -0.39 is 0 Å². The van der Waals surface area contributed by atoms with E-state index in [1.165, 1.54) is 12.0 Å². The molecule has 0 aromatic rings. The number of allylic oxidation sites excluding steroid dienone is 2. The minimum atomic E-state index is -0.145. The molecule has 6 atom stereocenters. The van der Waals surface area contributed by atoms with Crippen molar-refractivity contribution < 1.29 is 9.90 Å². The highest BCUT2D eigenvalue weighted by molar-refractivity contribution is 6.02. The topological polar surface area (TPSA) is 37.3 Å². The number of fused-ring (bicyclic) bond motifs is 5. The van der Waals surface area contributed by atoms with Crippen molar-refractivity contribution in [1.29, 1.82) is 0 Å². The van der Waals surface area contributed by atoms with Gasteiger partial charge in [-0.25, -0.2) is 0 Å². The predicted molar refractivity (Wildman–Crippen MR) is 87.2 cm³/mol. The highest BCUT2D eigenvalue weighted by atomic mass is 16.3. The number of hydrogen-bond acceptors (Lipinski definition) is 2. The van der Waals surface area contributed by atoms with Crippen molar-refractivity contribution in [3.05, 3.63) is 23.8 Å². The molecule has 2 heteroatoms. The normalized spacial score (nSPS) is 51.0. The number of Topliss-reactive ketones (excluding diaryl/α,β-unsaturated/α-hetero) is 1. The quantitative estimate of drug-likeness (QED) is 0.541. The van der Waals surface area contributed by atoms with Crippen LogP contribution in [0.5, 0.6) is 0 Å². The fourth-order valence-electron chi connectivity index (χ4n) is 6.38. The molecule has 1 N–H and O–H groups in total. The average Bonchev–Trinajstić information content (AvgIpc) is 2.72. The zero-order valence-electron chi connectivity index (χ0n) is 13.9. The highest BCUT2D eigenvalue weighted by Gasteiger charge is 2.59. The van der Waals surface area contributed by atoms with Crippen LogP contribution in [0.25, 0.3) is 0 Å². The smallest absolute Gasteiger partial charge is 0.164 e. The van der Waals surface area contributed by atoms with Gasteiger partial charge >= 0.3 is 0 Å². The summed E-state index contributed by atoms with van der Waals surface area (Å²) in [6, 6.07) is 0. The molecule has 3 saturated carbocycles. The molecular formula is C20H28O2. The molecule has 4 aliphatic rings. The Kier molecular flexibility index (Phi) is 3.05. The van der Waals surface area contributed by atoms with Crippen LogP contribution in [0.1, 0.15) is 58.8 Å². The van der Waals surface area contributed by atoms with Gasteiger partial charge < -0.3 is 5.11 Å². The van der Waals surface area contributed by atoms with E-state index >= 15 is 0 Å². The molecule has 4 rings (SSSR count). The molecule has 120 valence electrons. The summed E-state index contributed by atoms with van der Waals surface area (Å²) in [4.78, 5) is 12.6. The summed E-state index contributed by atoms with van der Waals surface area (Å²) in [5.74, 6) is 2.16. The molecule has 0 radical (unpaired) electrons. The van der Waals surface area contributed by atoms with E-state index in [1.54, 1.807) is 0 Å². The first-order valence-corrected chi connectivity index (χ1v) is 8.96. The van der Waals surface area contributed by atoms with E-state index in [0.29, 0.717) is 23.5 Å². The van der Waals surface area contributed by atoms with Gasteiger partial charge in [-0.3, -0.25) is 4.79 Å². The molecule has 4 aliphatic carbocycles. The van der Waals surface area contributed by atoms with E-state index in [1.807, 2.05) is 0 Å². The van der Waals surface area contributed by atoms with Crippen LogP contribution in [0, 0.1) is 28.6 Å². The van der Waals surface area contributed by atoms with Crippen molar-refractivity contribution in [3.8, 4) is 0 Å². The maximum Gasteiger partial charge on any atom is 0.164 e. The standard InChI is InChI=1S/C20H28O2/c1-12-10-17-15-5-4-13-11-14(21)6-8-19(13,2)16(15)7-9-20(17,3)18(12)22/h4,14-17,21H,1,5-11H2,2-3H3/t14-,15+,16+,17+,19-,20-/m0/s1. The average molecular weight is 300 g/mol. The largest absolute Gasteiger partial charge is 0.393 e. The van der Waals surface area contributed by atoms with Gasteiger partial charge in [-0.2, -0.15) is 0 Å². The predicted octanol–water partition coefficient (Wildman–Crippen LogP) is 4.05. The Hall–Kier alpha value is -0.890. The van der Waals surface area contributed by atoms with E-state index in [0.717, 1.165) is 44.1 Å². The molecule has 0 heterocycles. The minimum absolute atomic E-state index is 0.141. The van der Waals surface area contributed by atoms with Crippen molar-refractivity contribution in [3.63, 3.8) is 0 Å². The summed E-state index contributed by atoms with van der Waals surface area (Å²) in [5, 5.41) is 10.0. The van der Waals surface area contributed by atoms with Crippen LogP contribution in [-0.2, 0) is 4.79 Å². The Morgan fingerprint density at radius 2 is 1.86 bits per heavy atom. The summed E-state index contributed by atoms with van der Waals surface area (Å²) in [6.45, 7) is 8.67. The number of hydrogen-bond donors (Lipinski definition) is 1. The summed E-state index contributed by atoms with van der Waals surface area (Å²) >= 11 is 0. The molecular weight excluding hydrogens is 272 g/mol. The molecule has 0 amide bonds. The van der Waals surface area contributed by atoms with Gasteiger partial charge in [0.2, 0.25) is 0 Å². The van der Waals surface area contributed by atoms with E-state index in [9.17, 15) is 9.90 Å². The molecule has 3 fully saturated rings. The van der Waals surface area contributed by atoms with Crippen LogP contribution >= 0.6 is 0 Å². The first-order chi connectivity index (χ1) is 10.4. The molecule has 0 aliphatic heterocycles. The van der Waals surface area contributed by atoms with Gasteiger partial charge in [-0.05, 0) is 73.7 Å². The van der Waals surface area contributed by atoms with Crippen LogP contribution in [0.4, 0.5) is 0 Å². The van der Waals surface area contributed by atoms with Crippen LogP contribution < -0.4 is 0 Å². The second-order valence-corrected chi connectivity index (χ2v) is 8.75. The lowest BCUT2D eigenvalue weighted by Crippen LogP contribution is -2.50. The maximum atomic E-state index is 12.6. The monoisotopic (exact) mass is 300 g/mol. The zero-order chi connectivity index (χ0) is 15.7. The fraction of sp³-hybridized carbons (Fsp3) is 0.750. The van der Waals surface area contributed by atoms with Gasteiger partial charge in [0.25, 0.3) is 0 Å². The number of carbonyl (C=O) groups excluding carboxylic acids is 1. The van der Waals surface area contributed by atoms with Crippen LogP contribution in [0.2, 0.25) is 0 Å². The van der Waals surface area contributed by atoms with Gasteiger partial charge in [-0.15, -0.1) is 0 Å².